The molecule has 51 heavy (non-hydrogen) atoms. The Hall–Kier alpha value is -4.24. The number of para-hydroxylation sites is 1. The Morgan fingerprint density at radius 2 is 1.80 bits per heavy atom. The molecule has 270 valence electrons. The number of nitrogens with zero attached hydrogens (tertiary/aromatic N) is 3. The highest BCUT2D eigenvalue weighted by Gasteiger charge is 2.38. The number of halogens is 5. The first-order valence-corrected chi connectivity index (χ1v) is 17.5. The van der Waals surface area contributed by atoms with Crippen LogP contribution in [0.25, 0.3) is 0 Å². The molecule has 0 aliphatic carbocycles. The minimum absolute atomic E-state index is 0.0145. The molecule has 2 bridgehead atoms. The number of ether oxygens (including phenoxy) is 3. The maximum absolute atomic E-state index is 15.3. The van der Waals surface area contributed by atoms with Gasteiger partial charge in [-0.15, -0.1) is 11.3 Å². The summed E-state index contributed by atoms with van der Waals surface area (Å²) in [6.07, 6.45) is 2.81. The van der Waals surface area contributed by atoms with Crippen LogP contribution in [0, 0.1) is 16.9 Å². The van der Waals surface area contributed by atoms with E-state index in [9.17, 15) is 28.7 Å². The van der Waals surface area contributed by atoms with Gasteiger partial charge in [-0.2, -0.15) is 13.5 Å². The summed E-state index contributed by atoms with van der Waals surface area (Å²) in [6, 6.07) is 11.5. The number of carboxylic acids is 1. The fraction of sp³-hybridized carbons (Fsp3) is 0.343. The number of fused-ring (bicyclic) bond motifs is 3. The number of hydrogen-bond donors (Lipinski definition) is 1. The molecular formula is C35H32Cl2F3N3O7S. The predicted molar refractivity (Wildman–Crippen MR) is 184 cm³/mol. The van der Waals surface area contributed by atoms with E-state index < -0.39 is 30.4 Å². The van der Waals surface area contributed by atoms with Gasteiger partial charge in [-0.1, -0.05) is 41.4 Å². The van der Waals surface area contributed by atoms with Gasteiger partial charge in [0.05, 0.1) is 19.3 Å². The number of carbonyl (C=O) groups excluding carboxylic acids is 1. The van der Waals surface area contributed by atoms with Crippen LogP contribution in [0.3, 0.4) is 0 Å². The first-order valence-electron chi connectivity index (χ1n) is 15.9. The molecule has 16 heteroatoms. The molecule has 4 aromatic rings. The van der Waals surface area contributed by atoms with Crippen molar-refractivity contribution < 1.29 is 46.8 Å². The number of benzene rings is 2. The zero-order chi connectivity index (χ0) is 36.4. The van der Waals surface area contributed by atoms with E-state index in [0.29, 0.717) is 27.3 Å². The summed E-state index contributed by atoms with van der Waals surface area (Å²) in [7, 11) is 1.27. The summed E-state index contributed by atoms with van der Waals surface area (Å²) in [5.74, 6) is -2.91. The van der Waals surface area contributed by atoms with Gasteiger partial charge in [0.1, 0.15) is 26.8 Å². The molecule has 3 saturated heterocycles. The SMILES string of the molecule is COc1cc(C(Cc2c(Cl)c[n+]([O-])cc2Cl)c2cc(CN(C(=O)O[C@H]3CN4CCC3CC4)c3ccccc3F)sc2C(=O)O)ccc1OC(F)F. The van der Waals surface area contributed by atoms with Crippen LogP contribution in [0.15, 0.2) is 60.9 Å². The topological polar surface area (TPSA) is 115 Å². The lowest BCUT2D eigenvalue weighted by Gasteiger charge is -2.44. The number of amides is 1. The third kappa shape index (κ3) is 8.14. The molecule has 1 unspecified atom stereocenters. The first-order chi connectivity index (χ1) is 24.4. The third-order valence-corrected chi connectivity index (χ3v) is 11.0. The van der Waals surface area contributed by atoms with E-state index in [1.807, 2.05) is 0 Å². The van der Waals surface area contributed by atoms with Crippen LogP contribution in [0.2, 0.25) is 10.0 Å². The van der Waals surface area contributed by atoms with Gasteiger partial charge in [-0.3, -0.25) is 9.80 Å². The molecule has 7 rings (SSSR count). The van der Waals surface area contributed by atoms with Crippen LogP contribution in [0.1, 0.15) is 50.0 Å². The summed E-state index contributed by atoms with van der Waals surface area (Å²) in [5.41, 5.74) is 0.956. The van der Waals surface area contributed by atoms with Gasteiger partial charge in [-0.05, 0) is 79.7 Å². The van der Waals surface area contributed by atoms with E-state index in [-0.39, 0.29) is 62.7 Å². The van der Waals surface area contributed by atoms with Gasteiger partial charge >= 0.3 is 18.7 Å². The largest absolute Gasteiger partial charge is 0.619 e. The molecule has 3 fully saturated rings. The Bertz CT molecular complexity index is 1900. The highest BCUT2D eigenvalue weighted by molar-refractivity contribution is 7.14. The van der Waals surface area contributed by atoms with E-state index in [2.05, 4.69) is 9.64 Å². The second-order valence-corrected chi connectivity index (χ2v) is 14.2. The molecule has 5 heterocycles. The molecule has 2 aromatic carbocycles. The Balaban J connectivity index is 1.41. The fourth-order valence-corrected chi connectivity index (χ4v) is 8.35. The molecule has 1 amide bonds. The number of pyridine rings is 1. The number of thiophene rings is 1. The van der Waals surface area contributed by atoms with Crippen LogP contribution in [-0.2, 0) is 17.7 Å². The maximum atomic E-state index is 15.3. The molecule has 3 aliphatic rings. The third-order valence-electron chi connectivity index (χ3n) is 9.18. The average molecular weight is 767 g/mol. The standard InChI is InChI=1S/C35H32Cl2F3N3O7S/c1-48-30-12-20(6-7-29(30)49-34(39)40)22(14-24-25(36)16-42(47)17-26(24)37)23-13-21(51-32(23)33(44)45)15-43(28-5-3-2-4-27(28)38)35(46)50-31-18-41-10-8-19(31)9-11-41/h2-7,12-13,16-17,19,22,31,34H,8-11,14-15,18H2,1H3,(H,44,45)/t22?,31-/m0/s1. The van der Waals surface area contributed by atoms with Crippen LogP contribution < -0.4 is 19.1 Å². The quantitative estimate of drug-likeness (QED) is 0.115. The second kappa shape index (κ2) is 15.6. The summed E-state index contributed by atoms with van der Waals surface area (Å²) < 4.78 is 57.8. The smallest absolute Gasteiger partial charge is 0.415 e. The normalized spacial score (nSPS) is 18.8. The van der Waals surface area contributed by atoms with E-state index in [1.165, 1.54) is 43.5 Å². The Morgan fingerprint density at radius 3 is 2.41 bits per heavy atom. The predicted octanol–water partition coefficient (Wildman–Crippen LogP) is 7.75. The van der Waals surface area contributed by atoms with Crippen molar-refractivity contribution in [3.05, 3.63) is 108 Å². The molecule has 0 saturated carbocycles. The molecule has 0 radical (unpaired) electrons. The van der Waals surface area contributed by atoms with Gasteiger partial charge in [0.2, 0.25) is 0 Å². The van der Waals surface area contributed by atoms with Crippen molar-refractivity contribution >= 4 is 52.3 Å². The average Bonchev–Trinajstić information content (AvgIpc) is 3.52. The second-order valence-electron chi connectivity index (χ2n) is 12.2. The van der Waals surface area contributed by atoms with Crippen molar-refractivity contribution in [2.24, 2.45) is 5.92 Å². The molecular weight excluding hydrogens is 734 g/mol. The number of rotatable bonds is 12. The maximum Gasteiger partial charge on any atom is 0.415 e. The lowest BCUT2D eigenvalue weighted by Crippen LogP contribution is -2.53. The zero-order valence-corrected chi connectivity index (χ0v) is 29.4. The van der Waals surface area contributed by atoms with E-state index >= 15 is 4.39 Å². The molecule has 2 atom stereocenters. The number of anilines is 1. The number of methoxy groups -OCH3 is 1. The van der Waals surface area contributed by atoms with Crippen molar-refractivity contribution in [3.63, 3.8) is 0 Å². The number of hydrogen-bond acceptors (Lipinski definition) is 8. The fourth-order valence-electron chi connectivity index (χ4n) is 6.71. The Labute approximate surface area is 305 Å². The Kier molecular flexibility index (Phi) is 11.2. The lowest BCUT2D eigenvalue weighted by atomic mass is 9.85. The van der Waals surface area contributed by atoms with Crippen molar-refractivity contribution in [1.29, 1.82) is 0 Å². The monoisotopic (exact) mass is 765 g/mol. The molecule has 1 N–H and O–H groups in total. The van der Waals surface area contributed by atoms with E-state index in [0.717, 1.165) is 54.6 Å². The zero-order valence-electron chi connectivity index (χ0n) is 27.1. The lowest BCUT2D eigenvalue weighted by molar-refractivity contribution is -0.605. The first kappa shape index (κ1) is 36.5. The highest BCUT2D eigenvalue weighted by atomic mass is 35.5. The summed E-state index contributed by atoms with van der Waals surface area (Å²) in [6.45, 7) is -0.925. The van der Waals surface area contributed by atoms with E-state index in [4.69, 9.17) is 32.7 Å². The van der Waals surface area contributed by atoms with Crippen molar-refractivity contribution in [1.82, 2.24) is 4.90 Å². The van der Waals surface area contributed by atoms with Gasteiger partial charge in [0.25, 0.3) is 0 Å². The summed E-state index contributed by atoms with van der Waals surface area (Å²) in [4.78, 5) is 30.3. The van der Waals surface area contributed by atoms with Crippen molar-refractivity contribution in [2.45, 2.75) is 44.4 Å². The van der Waals surface area contributed by atoms with Crippen LogP contribution >= 0.6 is 34.5 Å². The minimum atomic E-state index is -3.13. The van der Waals surface area contributed by atoms with Gasteiger partial charge in [0.15, 0.2) is 23.9 Å². The number of alkyl halides is 2. The van der Waals surface area contributed by atoms with Crippen molar-refractivity contribution in [2.75, 3.05) is 31.6 Å². The number of aromatic carboxylic acids is 1. The van der Waals surface area contributed by atoms with Gasteiger partial charge in [-0.25, -0.2) is 14.0 Å². The van der Waals surface area contributed by atoms with Crippen LogP contribution in [-0.4, -0.2) is 61.5 Å². The van der Waals surface area contributed by atoms with Gasteiger partial charge in [0, 0.05) is 22.9 Å². The molecule has 3 aliphatic heterocycles. The molecule has 0 spiro atoms. The van der Waals surface area contributed by atoms with Crippen molar-refractivity contribution in [3.8, 4) is 11.5 Å². The minimum Gasteiger partial charge on any atom is -0.619 e. The number of carboxylic acid groups (broad SMARTS) is 1. The molecule has 2 aromatic heterocycles. The number of piperidine rings is 3. The Morgan fingerprint density at radius 1 is 1.10 bits per heavy atom. The summed E-state index contributed by atoms with van der Waals surface area (Å²) >= 11 is 13.8. The highest BCUT2D eigenvalue weighted by Crippen LogP contribution is 2.42. The molecule has 10 nitrogen and oxygen atoms in total. The number of carbonyl (C=O) groups is 2. The number of aromatic nitrogens is 1. The van der Waals surface area contributed by atoms with Crippen LogP contribution in [0.5, 0.6) is 11.5 Å². The van der Waals surface area contributed by atoms with E-state index in [1.54, 1.807) is 12.1 Å². The van der Waals surface area contributed by atoms with Crippen LogP contribution in [0.4, 0.5) is 23.7 Å². The summed E-state index contributed by atoms with van der Waals surface area (Å²) in [5, 5.41) is 22.5. The van der Waals surface area contributed by atoms with Gasteiger partial charge < -0.3 is 24.5 Å².